The highest BCUT2D eigenvalue weighted by molar-refractivity contribution is 7.95. The van der Waals surface area contributed by atoms with Gasteiger partial charge in [0, 0.05) is 10.8 Å². The van der Waals surface area contributed by atoms with Gasteiger partial charge in [-0.25, -0.2) is 16.8 Å². The molecule has 0 amide bonds. The molecule has 0 aliphatic carbocycles. The fraction of sp³-hybridized carbons (Fsp3) is 0.600. The van der Waals surface area contributed by atoms with E-state index in [1.807, 2.05) is 0 Å². The summed E-state index contributed by atoms with van der Waals surface area (Å²) in [6.45, 7) is 9.83. The summed E-state index contributed by atoms with van der Waals surface area (Å²) in [5.41, 5.74) is -1.38. The largest absolute Gasteiger partial charge is 0.391 e. The molecular formula is C10H18O6S2Si. The number of hydrogen-bond acceptors (Lipinski definition) is 6. The average molecular weight is 326 g/mol. The summed E-state index contributed by atoms with van der Waals surface area (Å²) in [5, 5.41) is 1.59. The van der Waals surface area contributed by atoms with E-state index >= 15 is 0 Å². The smallest absolute Gasteiger partial charge is 0.332 e. The number of sulfone groups is 2. The van der Waals surface area contributed by atoms with Crippen LogP contribution in [0.5, 0.6) is 0 Å². The van der Waals surface area contributed by atoms with Crippen molar-refractivity contribution in [1.82, 2.24) is 0 Å². The van der Waals surface area contributed by atoms with Crippen LogP contribution in [0.15, 0.2) is 24.0 Å². The summed E-state index contributed by atoms with van der Waals surface area (Å²) in [6.07, 6.45) is 0. The summed E-state index contributed by atoms with van der Waals surface area (Å²) < 4.78 is 57.9. The van der Waals surface area contributed by atoms with Crippen molar-refractivity contribution >= 4 is 28.2 Å². The van der Waals surface area contributed by atoms with Gasteiger partial charge in [0.25, 0.3) is 0 Å². The van der Waals surface area contributed by atoms with Crippen molar-refractivity contribution in [2.45, 2.75) is 18.7 Å². The molecule has 110 valence electrons. The molecule has 1 aliphatic heterocycles. The van der Waals surface area contributed by atoms with Crippen LogP contribution in [0.1, 0.15) is 0 Å². The maximum Gasteiger partial charge on any atom is 0.332 e. The Morgan fingerprint density at radius 1 is 1.11 bits per heavy atom. The van der Waals surface area contributed by atoms with Gasteiger partial charge in [-0.1, -0.05) is 13.2 Å². The Morgan fingerprint density at radius 3 is 1.79 bits per heavy atom. The van der Waals surface area contributed by atoms with E-state index in [1.54, 1.807) is 13.1 Å². The normalized spacial score (nSPS) is 22.0. The van der Waals surface area contributed by atoms with Crippen molar-refractivity contribution in [2.24, 2.45) is 0 Å². The zero-order valence-electron chi connectivity index (χ0n) is 11.0. The molecular weight excluding hydrogens is 308 g/mol. The van der Waals surface area contributed by atoms with Gasteiger partial charge in [0.1, 0.15) is 5.60 Å². The summed E-state index contributed by atoms with van der Waals surface area (Å²) >= 11 is 0. The molecule has 0 spiro atoms. The Balaban J connectivity index is 3.13. The van der Waals surface area contributed by atoms with Crippen LogP contribution in [0.3, 0.4) is 0 Å². The van der Waals surface area contributed by atoms with Gasteiger partial charge in [0.05, 0.1) is 18.1 Å². The van der Waals surface area contributed by atoms with E-state index in [4.69, 9.17) is 8.85 Å². The van der Waals surface area contributed by atoms with Gasteiger partial charge in [-0.2, -0.15) is 0 Å². The van der Waals surface area contributed by atoms with Crippen LogP contribution in [0.2, 0.25) is 13.1 Å². The second-order valence-electron chi connectivity index (χ2n) is 4.92. The number of hydrogen-bond donors (Lipinski definition) is 0. The Morgan fingerprint density at radius 2 is 1.53 bits per heavy atom. The van der Waals surface area contributed by atoms with Gasteiger partial charge in [-0.05, 0) is 13.1 Å². The van der Waals surface area contributed by atoms with Crippen LogP contribution in [0.4, 0.5) is 0 Å². The molecule has 1 rings (SSSR count). The standard InChI is InChI=1S/C10H18O6S2Si/c1-5-17(11,12)8-10(9-18(13,14)6-2)7-15-19(3,4)16-10/h5-6H,1-2,7-9H2,3-4H3. The first-order valence-corrected chi connectivity index (χ1v) is 11.7. The summed E-state index contributed by atoms with van der Waals surface area (Å²) in [5.74, 6) is -0.931. The Bertz CT molecular complexity index is 535. The van der Waals surface area contributed by atoms with E-state index in [1.165, 1.54) is 0 Å². The third-order valence-corrected chi connectivity index (χ3v) is 7.22. The van der Waals surface area contributed by atoms with Crippen LogP contribution in [-0.4, -0.2) is 49.1 Å². The molecule has 6 nitrogen and oxygen atoms in total. The van der Waals surface area contributed by atoms with Gasteiger partial charge in [0.2, 0.25) is 0 Å². The predicted molar refractivity (Wildman–Crippen MR) is 75.2 cm³/mol. The first-order chi connectivity index (χ1) is 8.45. The van der Waals surface area contributed by atoms with Crippen LogP contribution < -0.4 is 0 Å². The van der Waals surface area contributed by atoms with Crippen molar-refractivity contribution in [1.29, 1.82) is 0 Å². The zero-order chi connectivity index (χ0) is 14.9. The van der Waals surface area contributed by atoms with Crippen LogP contribution in [0.25, 0.3) is 0 Å². The number of rotatable bonds is 6. The Labute approximate surface area is 115 Å². The lowest BCUT2D eigenvalue weighted by atomic mass is 10.1. The minimum absolute atomic E-state index is 0.0631. The van der Waals surface area contributed by atoms with Crippen LogP contribution in [0, 0.1) is 0 Å². The molecule has 1 saturated heterocycles. The minimum atomic E-state index is -3.61. The van der Waals surface area contributed by atoms with Crippen molar-refractivity contribution in [3.05, 3.63) is 24.0 Å². The lowest BCUT2D eigenvalue weighted by Crippen LogP contribution is -2.47. The fourth-order valence-electron chi connectivity index (χ4n) is 1.92. The molecule has 0 saturated carbocycles. The molecule has 1 aliphatic rings. The second-order valence-corrected chi connectivity index (χ2v) is 12.1. The Kier molecular flexibility index (Phi) is 4.48. The molecule has 0 N–H and O–H groups in total. The minimum Gasteiger partial charge on any atom is -0.391 e. The fourth-order valence-corrected chi connectivity index (χ4v) is 6.37. The van der Waals surface area contributed by atoms with Crippen molar-refractivity contribution < 1.29 is 25.7 Å². The molecule has 0 bridgehead atoms. The third kappa shape index (κ3) is 4.53. The first-order valence-electron chi connectivity index (χ1n) is 5.49. The zero-order valence-corrected chi connectivity index (χ0v) is 13.6. The molecule has 0 radical (unpaired) electrons. The lowest BCUT2D eigenvalue weighted by molar-refractivity contribution is 0.140. The van der Waals surface area contributed by atoms with Gasteiger partial charge >= 0.3 is 8.56 Å². The first kappa shape index (κ1) is 16.6. The van der Waals surface area contributed by atoms with Crippen LogP contribution in [-0.2, 0) is 28.5 Å². The molecule has 0 aromatic rings. The molecule has 19 heavy (non-hydrogen) atoms. The molecule has 1 fully saturated rings. The van der Waals surface area contributed by atoms with Crippen molar-refractivity contribution in [3.8, 4) is 0 Å². The van der Waals surface area contributed by atoms with Crippen LogP contribution >= 0.6 is 0 Å². The Hall–Kier alpha value is -0.483. The highest BCUT2D eigenvalue weighted by atomic mass is 32.2. The van der Waals surface area contributed by atoms with E-state index in [2.05, 4.69) is 13.2 Å². The highest BCUT2D eigenvalue weighted by Crippen LogP contribution is 2.31. The monoisotopic (exact) mass is 326 g/mol. The second kappa shape index (κ2) is 5.13. The molecule has 0 unspecified atom stereocenters. The highest BCUT2D eigenvalue weighted by Gasteiger charge is 2.51. The summed E-state index contributed by atoms with van der Waals surface area (Å²) in [6, 6.07) is 0. The SMILES string of the molecule is C=CS(=O)(=O)CC1(CS(=O)(=O)C=C)CO[Si](C)(C)O1. The molecule has 0 atom stereocenters. The predicted octanol–water partition coefficient (Wildman–Crippen LogP) is 0.590. The molecule has 1 heterocycles. The molecule has 0 aromatic heterocycles. The maximum absolute atomic E-state index is 11.7. The van der Waals surface area contributed by atoms with Crippen molar-refractivity contribution in [3.63, 3.8) is 0 Å². The topological polar surface area (TPSA) is 86.7 Å². The summed E-state index contributed by atoms with van der Waals surface area (Å²) in [7, 11) is -9.72. The summed E-state index contributed by atoms with van der Waals surface area (Å²) in [4.78, 5) is 0. The third-order valence-electron chi connectivity index (χ3n) is 2.58. The maximum atomic E-state index is 11.7. The van der Waals surface area contributed by atoms with Gasteiger partial charge in [-0.3, -0.25) is 0 Å². The molecule has 0 aromatic carbocycles. The van der Waals surface area contributed by atoms with E-state index in [0.717, 1.165) is 10.8 Å². The quantitative estimate of drug-likeness (QED) is 0.664. The van der Waals surface area contributed by atoms with Gasteiger partial charge in [-0.15, -0.1) is 0 Å². The van der Waals surface area contributed by atoms with E-state index < -0.39 is 45.3 Å². The van der Waals surface area contributed by atoms with E-state index in [-0.39, 0.29) is 6.61 Å². The van der Waals surface area contributed by atoms with Gasteiger partial charge < -0.3 is 8.85 Å². The van der Waals surface area contributed by atoms with E-state index in [0.29, 0.717) is 0 Å². The van der Waals surface area contributed by atoms with E-state index in [9.17, 15) is 16.8 Å². The lowest BCUT2D eigenvalue weighted by Gasteiger charge is -2.27. The van der Waals surface area contributed by atoms with Crippen molar-refractivity contribution in [2.75, 3.05) is 18.1 Å². The average Bonchev–Trinajstić information content (AvgIpc) is 2.52. The molecule has 9 heteroatoms. The van der Waals surface area contributed by atoms with Gasteiger partial charge in [0.15, 0.2) is 19.7 Å².